The van der Waals surface area contributed by atoms with Crippen molar-refractivity contribution in [1.82, 2.24) is 10.9 Å². The van der Waals surface area contributed by atoms with E-state index in [0.717, 1.165) is 11.1 Å². The highest BCUT2D eigenvalue weighted by atomic mass is 16.5. The molecule has 3 rings (SSSR count). The van der Waals surface area contributed by atoms with Gasteiger partial charge in [-0.15, -0.1) is 0 Å². The summed E-state index contributed by atoms with van der Waals surface area (Å²) >= 11 is 0. The molecule has 0 unspecified atom stereocenters. The molecule has 0 bridgehead atoms. The van der Waals surface area contributed by atoms with Crippen LogP contribution in [0.2, 0.25) is 0 Å². The molecular formula is C22H25N3O5. The summed E-state index contributed by atoms with van der Waals surface area (Å²) in [4.78, 5) is 38.0. The smallest absolute Gasteiger partial charge is 0.279 e. The Balaban J connectivity index is 1.48. The standard InChI is InChI=1S/C22H25N3O5/c1-14-7-6-10-18(15(14)2)30-16(3)22(28)24-23-20(26)11-12-25-17-8-4-5-9-19(17)29-13-21(25)27/h4-10,16H,11-13H2,1-3H3,(H,23,26)(H,24,28)/t16-/m1/s1. The minimum Gasteiger partial charge on any atom is -0.482 e. The molecular weight excluding hydrogens is 386 g/mol. The third kappa shape index (κ3) is 4.89. The van der Waals surface area contributed by atoms with Gasteiger partial charge in [-0.2, -0.15) is 0 Å². The number of anilines is 1. The zero-order valence-corrected chi connectivity index (χ0v) is 17.2. The number of hydrazine groups is 1. The Morgan fingerprint density at radius 3 is 2.70 bits per heavy atom. The van der Waals surface area contributed by atoms with E-state index in [-0.39, 0.29) is 25.5 Å². The number of benzene rings is 2. The summed E-state index contributed by atoms with van der Waals surface area (Å²) in [5.74, 6) is 0.105. The molecule has 2 aromatic carbocycles. The fraction of sp³-hybridized carbons (Fsp3) is 0.318. The molecule has 2 N–H and O–H groups in total. The van der Waals surface area contributed by atoms with Gasteiger partial charge in [0, 0.05) is 13.0 Å². The van der Waals surface area contributed by atoms with Crippen LogP contribution in [0.25, 0.3) is 0 Å². The molecule has 3 amide bonds. The van der Waals surface area contributed by atoms with E-state index in [0.29, 0.717) is 17.2 Å². The molecule has 0 spiro atoms. The molecule has 8 nitrogen and oxygen atoms in total. The Bertz CT molecular complexity index is 960. The fourth-order valence-electron chi connectivity index (χ4n) is 3.00. The lowest BCUT2D eigenvalue weighted by atomic mass is 10.1. The average Bonchev–Trinajstić information content (AvgIpc) is 2.74. The molecule has 0 aromatic heterocycles. The Morgan fingerprint density at radius 2 is 1.90 bits per heavy atom. The zero-order valence-electron chi connectivity index (χ0n) is 17.2. The van der Waals surface area contributed by atoms with Gasteiger partial charge in [0.2, 0.25) is 5.91 Å². The first-order valence-corrected chi connectivity index (χ1v) is 9.70. The van der Waals surface area contributed by atoms with Crippen molar-refractivity contribution < 1.29 is 23.9 Å². The number of amides is 3. The molecule has 1 aliphatic heterocycles. The number of hydrogen-bond acceptors (Lipinski definition) is 5. The van der Waals surface area contributed by atoms with E-state index >= 15 is 0 Å². The van der Waals surface area contributed by atoms with Crippen LogP contribution in [-0.2, 0) is 14.4 Å². The maximum atomic E-state index is 12.2. The highest BCUT2D eigenvalue weighted by Crippen LogP contribution is 2.31. The van der Waals surface area contributed by atoms with Crippen molar-refractivity contribution in [1.29, 1.82) is 0 Å². The van der Waals surface area contributed by atoms with Crippen LogP contribution in [-0.4, -0.2) is 37.0 Å². The van der Waals surface area contributed by atoms with Crippen molar-refractivity contribution >= 4 is 23.4 Å². The van der Waals surface area contributed by atoms with E-state index in [1.807, 2.05) is 32.0 Å². The normalized spacial score (nSPS) is 13.7. The number of carbonyl (C=O) groups excluding carboxylic acids is 3. The second-order valence-electron chi connectivity index (χ2n) is 7.05. The minimum atomic E-state index is -0.793. The summed E-state index contributed by atoms with van der Waals surface area (Å²) < 4.78 is 11.1. The van der Waals surface area contributed by atoms with Gasteiger partial charge in [0.1, 0.15) is 11.5 Å². The zero-order chi connectivity index (χ0) is 21.7. The van der Waals surface area contributed by atoms with Crippen molar-refractivity contribution in [3.8, 4) is 11.5 Å². The monoisotopic (exact) mass is 411 g/mol. The predicted octanol–water partition coefficient (Wildman–Crippen LogP) is 2.03. The van der Waals surface area contributed by atoms with Gasteiger partial charge in [0.25, 0.3) is 11.8 Å². The molecule has 0 fully saturated rings. The summed E-state index contributed by atoms with van der Waals surface area (Å²) in [6.45, 7) is 5.59. The lowest BCUT2D eigenvalue weighted by molar-refractivity contribution is -0.132. The summed E-state index contributed by atoms with van der Waals surface area (Å²) in [5, 5.41) is 0. The SMILES string of the molecule is Cc1cccc(O[C@H](C)C(=O)NNC(=O)CCN2C(=O)COc3ccccc32)c1C. The van der Waals surface area contributed by atoms with Crippen LogP contribution in [0, 0.1) is 13.8 Å². The minimum absolute atomic E-state index is 0.0204. The van der Waals surface area contributed by atoms with Crippen LogP contribution in [0.1, 0.15) is 24.5 Å². The third-order valence-corrected chi connectivity index (χ3v) is 4.92. The number of hydrogen-bond donors (Lipinski definition) is 2. The molecule has 0 saturated carbocycles. The molecule has 158 valence electrons. The number of nitrogens with zero attached hydrogens (tertiary/aromatic N) is 1. The molecule has 2 aromatic rings. The van der Waals surface area contributed by atoms with Crippen molar-refractivity contribution in [3.63, 3.8) is 0 Å². The molecule has 1 aliphatic rings. The first-order valence-electron chi connectivity index (χ1n) is 9.70. The maximum Gasteiger partial charge on any atom is 0.279 e. The van der Waals surface area contributed by atoms with Crippen LogP contribution < -0.4 is 25.2 Å². The van der Waals surface area contributed by atoms with Crippen LogP contribution in [0.3, 0.4) is 0 Å². The van der Waals surface area contributed by atoms with Gasteiger partial charge in [0.15, 0.2) is 12.7 Å². The number of aryl methyl sites for hydroxylation is 1. The Labute approximate surface area is 175 Å². The van der Waals surface area contributed by atoms with Crippen LogP contribution >= 0.6 is 0 Å². The second-order valence-corrected chi connectivity index (χ2v) is 7.05. The summed E-state index contributed by atoms with van der Waals surface area (Å²) in [7, 11) is 0. The van der Waals surface area contributed by atoms with Gasteiger partial charge < -0.3 is 14.4 Å². The van der Waals surface area contributed by atoms with Gasteiger partial charge in [-0.25, -0.2) is 0 Å². The molecule has 30 heavy (non-hydrogen) atoms. The number of rotatable bonds is 6. The van der Waals surface area contributed by atoms with Crippen LogP contribution in [0.15, 0.2) is 42.5 Å². The predicted molar refractivity (Wildman–Crippen MR) is 111 cm³/mol. The largest absolute Gasteiger partial charge is 0.482 e. The van der Waals surface area contributed by atoms with Crippen LogP contribution in [0.5, 0.6) is 11.5 Å². The summed E-state index contributed by atoms with van der Waals surface area (Å²) in [6.07, 6.45) is -0.773. The fourth-order valence-corrected chi connectivity index (χ4v) is 3.00. The Morgan fingerprint density at radius 1 is 1.13 bits per heavy atom. The van der Waals surface area contributed by atoms with Gasteiger partial charge in [-0.1, -0.05) is 24.3 Å². The highest BCUT2D eigenvalue weighted by Gasteiger charge is 2.25. The molecule has 1 atom stereocenters. The lowest BCUT2D eigenvalue weighted by Crippen LogP contribution is -2.48. The average molecular weight is 411 g/mol. The van der Waals surface area contributed by atoms with Gasteiger partial charge in [-0.3, -0.25) is 25.2 Å². The number of carbonyl (C=O) groups is 3. The van der Waals surface area contributed by atoms with Crippen molar-refractivity contribution in [2.24, 2.45) is 0 Å². The van der Waals surface area contributed by atoms with E-state index in [2.05, 4.69) is 10.9 Å². The Hall–Kier alpha value is -3.55. The van der Waals surface area contributed by atoms with E-state index in [9.17, 15) is 14.4 Å². The lowest BCUT2D eigenvalue weighted by Gasteiger charge is -2.29. The van der Waals surface area contributed by atoms with Crippen molar-refractivity contribution in [2.45, 2.75) is 33.3 Å². The number of ether oxygens (including phenoxy) is 2. The summed E-state index contributed by atoms with van der Waals surface area (Å²) in [5.41, 5.74) is 7.37. The van der Waals surface area contributed by atoms with Crippen molar-refractivity contribution in [2.75, 3.05) is 18.1 Å². The highest BCUT2D eigenvalue weighted by molar-refractivity contribution is 5.98. The van der Waals surface area contributed by atoms with Gasteiger partial charge >= 0.3 is 0 Å². The molecule has 0 radical (unpaired) electrons. The molecule has 0 saturated heterocycles. The number of para-hydroxylation sites is 2. The van der Waals surface area contributed by atoms with Crippen molar-refractivity contribution in [3.05, 3.63) is 53.6 Å². The number of fused-ring (bicyclic) bond motifs is 1. The van der Waals surface area contributed by atoms with E-state index < -0.39 is 17.9 Å². The van der Waals surface area contributed by atoms with E-state index in [4.69, 9.17) is 9.47 Å². The topological polar surface area (TPSA) is 97.0 Å². The van der Waals surface area contributed by atoms with Gasteiger partial charge in [0.05, 0.1) is 5.69 Å². The number of nitrogens with one attached hydrogen (secondary N) is 2. The van der Waals surface area contributed by atoms with E-state index in [1.165, 1.54) is 4.90 Å². The summed E-state index contributed by atoms with van der Waals surface area (Å²) in [6, 6.07) is 12.8. The van der Waals surface area contributed by atoms with E-state index in [1.54, 1.807) is 31.2 Å². The maximum absolute atomic E-state index is 12.2. The first kappa shape index (κ1) is 21.2. The molecule has 8 heteroatoms. The van der Waals surface area contributed by atoms with Gasteiger partial charge in [-0.05, 0) is 50.1 Å². The quantitative estimate of drug-likeness (QED) is 0.709. The molecule has 1 heterocycles. The molecule has 0 aliphatic carbocycles. The van der Waals surface area contributed by atoms with Crippen LogP contribution in [0.4, 0.5) is 5.69 Å². The first-order chi connectivity index (χ1) is 14.4. The third-order valence-electron chi connectivity index (χ3n) is 4.92. The second kappa shape index (κ2) is 9.30. The Kier molecular flexibility index (Phi) is 6.56.